The van der Waals surface area contributed by atoms with Crippen LogP contribution in [0.1, 0.15) is 139 Å². The van der Waals surface area contributed by atoms with Crippen LogP contribution >= 0.6 is 11.6 Å². The number of ether oxygens (including phenoxy) is 1. The number of allylic oxidation sites excluding steroid dienone is 1. The molecule has 1 aromatic rings. The molecular weight excluding hydrogens is 686 g/mol. The van der Waals surface area contributed by atoms with Gasteiger partial charge in [0.15, 0.2) is 5.78 Å². The van der Waals surface area contributed by atoms with Gasteiger partial charge in [0.05, 0.1) is 18.9 Å². The van der Waals surface area contributed by atoms with E-state index in [1.54, 1.807) is 0 Å². The lowest BCUT2D eigenvalue weighted by Gasteiger charge is -2.72. The molecule has 0 aromatic heterocycles. The highest BCUT2D eigenvalue weighted by atomic mass is 35.5. The first-order valence-corrected chi connectivity index (χ1v) is 20.8. The van der Waals surface area contributed by atoms with Gasteiger partial charge in [0.25, 0.3) is 0 Å². The second-order valence-corrected chi connectivity index (χ2v) is 20.8. The van der Waals surface area contributed by atoms with Crippen molar-refractivity contribution >= 4 is 29.3 Å². The van der Waals surface area contributed by atoms with Crippen molar-refractivity contribution in [2.45, 2.75) is 152 Å². The van der Waals surface area contributed by atoms with Crippen LogP contribution in [0.25, 0.3) is 0 Å². The molecule has 6 rings (SSSR count). The van der Waals surface area contributed by atoms with Crippen LogP contribution in [0.3, 0.4) is 0 Å². The van der Waals surface area contributed by atoms with Crippen LogP contribution in [0.15, 0.2) is 35.4 Å². The largest absolute Gasteiger partial charge is 0.481 e. The number of fused-ring (bicyclic) bond motifs is 7. The SMILES string of the molecule is CC(C)C1=C2[C@H]3CC[C@@H]4[C@@]5(C)CC[C@H](OC(=O)CC(C)(C)CC(=O)O)C(C)(C)[C@@H]5CC[C@@]4(C)[C@]3(C)CC[C@@]2([C@@H](O)CNCc2ccc(Cl)cc2)CC1=O. The number of carbonyl (C=O) groups is 3. The molecule has 0 saturated heterocycles. The third kappa shape index (κ3) is 6.75. The van der Waals surface area contributed by atoms with E-state index in [-0.39, 0.29) is 64.2 Å². The van der Waals surface area contributed by atoms with E-state index in [0.717, 1.165) is 62.5 Å². The third-order valence-electron chi connectivity index (χ3n) is 16.2. The van der Waals surface area contributed by atoms with E-state index in [1.807, 2.05) is 38.1 Å². The molecule has 3 N–H and O–H groups in total. The minimum Gasteiger partial charge on any atom is -0.481 e. The first-order chi connectivity index (χ1) is 24.6. The van der Waals surface area contributed by atoms with E-state index >= 15 is 0 Å². The molecule has 9 atom stereocenters. The fourth-order valence-corrected chi connectivity index (χ4v) is 13.6. The summed E-state index contributed by atoms with van der Waals surface area (Å²) in [6.07, 6.45) is 7.51. The number of aliphatic hydroxyl groups excluding tert-OH is 1. The quantitative estimate of drug-likeness (QED) is 0.193. The second-order valence-electron chi connectivity index (χ2n) is 20.4. The Labute approximate surface area is 323 Å². The van der Waals surface area contributed by atoms with Gasteiger partial charge in [0.1, 0.15) is 6.10 Å². The summed E-state index contributed by atoms with van der Waals surface area (Å²) in [6, 6.07) is 7.80. The number of nitrogens with one attached hydrogen (secondary N) is 1. The van der Waals surface area contributed by atoms with Crippen molar-refractivity contribution < 1.29 is 29.3 Å². The maximum Gasteiger partial charge on any atom is 0.306 e. The van der Waals surface area contributed by atoms with Gasteiger partial charge in [-0.15, -0.1) is 0 Å². The monoisotopic (exact) mass is 751 g/mol. The molecule has 294 valence electrons. The predicted octanol–water partition coefficient (Wildman–Crippen LogP) is 9.57. The predicted molar refractivity (Wildman–Crippen MR) is 209 cm³/mol. The average molecular weight is 752 g/mol. The zero-order valence-electron chi connectivity index (χ0n) is 33.9. The van der Waals surface area contributed by atoms with E-state index in [0.29, 0.717) is 36.4 Å². The number of carbonyl (C=O) groups excluding carboxylic acids is 2. The van der Waals surface area contributed by atoms with Gasteiger partial charge in [-0.2, -0.15) is 0 Å². The summed E-state index contributed by atoms with van der Waals surface area (Å²) in [5, 5.41) is 25.7. The molecule has 0 radical (unpaired) electrons. The van der Waals surface area contributed by atoms with Crippen LogP contribution in [0.5, 0.6) is 0 Å². The average Bonchev–Trinajstić information content (AvgIpc) is 3.36. The molecule has 7 nitrogen and oxygen atoms in total. The van der Waals surface area contributed by atoms with E-state index in [1.165, 1.54) is 5.57 Å². The molecule has 4 fully saturated rings. The van der Waals surface area contributed by atoms with Crippen LogP contribution < -0.4 is 5.32 Å². The number of carboxylic acid groups (broad SMARTS) is 1. The molecule has 0 aliphatic heterocycles. The maximum atomic E-state index is 14.0. The van der Waals surface area contributed by atoms with Crippen LogP contribution in [-0.2, 0) is 25.7 Å². The number of ketones is 1. The van der Waals surface area contributed by atoms with Crippen LogP contribution in [0.2, 0.25) is 5.02 Å². The Balaban J connectivity index is 1.24. The van der Waals surface area contributed by atoms with Gasteiger partial charge in [0.2, 0.25) is 0 Å². The summed E-state index contributed by atoms with van der Waals surface area (Å²) in [5.41, 5.74) is 2.14. The highest BCUT2D eigenvalue weighted by Crippen LogP contribution is 2.77. The smallest absolute Gasteiger partial charge is 0.306 e. The summed E-state index contributed by atoms with van der Waals surface area (Å²) in [5.74, 6) is 0.305. The van der Waals surface area contributed by atoms with Gasteiger partial charge in [-0.25, -0.2) is 0 Å². The molecule has 0 heterocycles. The molecule has 4 saturated carbocycles. The Kier molecular flexibility index (Phi) is 10.7. The van der Waals surface area contributed by atoms with Crippen LogP contribution in [0.4, 0.5) is 0 Å². The van der Waals surface area contributed by atoms with Crippen molar-refractivity contribution in [3.8, 4) is 0 Å². The summed E-state index contributed by atoms with van der Waals surface area (Å²) < 4.78 is 6.26. The van der Waals surface area contributed by atoms with E-state index in [9.17, 15) is 24.6 Å². The number of hydrogen-bond acceptors (Lipinski definition) is 6. The van der Waals surface area contributed by atoms with Crippen molar-refractivity contribution in [1.29, 1.82) is 0 Å². The summed E-state index contributed by atoms with van der Waals surface area (Å²) >= 11 is 6.11. The molecule has 0 amide bonds. The standard InChI is InChI=1S/C45H66ClNO6/c1-27(2)38-31(48)22-45(34(49)26-47-25-28-10-12-29(46)13-11-28)21-20-43(8)30(39(38)45)14-15-33-42(7)18-17-35(41(5,6)32(42)16-19-44(33,43)9)53-37(52)24-40(3,4)23-36(50)51/h10-13,27,30,32-35,47,49H,14-26H2,1-9H3,(H,50,51)/t30-,32+,33-,34+,35+,42+,43-,44-,45+/m1/s1. The summed E-state index contributed by atoms with van der Waals surface area (Å²) in [6.45, 7) is 21.3. The number of Topliss-reactive ketones (excluding diaryl/α,β-unsaturated/α-hetero) is 1. The molecule has 1 aromatic carbocycles. The number of halogens is 1. The zero-order chi connectivity index (χ0) is 38.9. The number of rotatable bonds is 11. The van der Waals surface area contributed by atoms with Gasteiger partial charge >= 0.3 is 11.9 Å². The topological polar surface area (TPSA) is 113 Å². The Morgan fingerprint density at radius 1 is 0.925 bits per heavy atom. The molecule has 8 heteroatoms. The van der Waals surface area contributed by atoms with Crippen molar-refractivity contribution in [1.82, 2.24) is 5.32 Å². The highest BCUT2D eigenvalue weighted by Gasteiger charge is 2.70. The van der Waals surface area contributed by atoms with E-state index in [2.05, 4.69) is 53.8 Å². The molecule has 0 bridgehead atoms. The van der Waals surface area contributed by atoms with Crippen LogP contribution in [-0.4, -0.2) is 46.7 Å². The third-order valence-corrected chi connectivity index (χ3v) is 16.4. The molecule has 5 aliphatic carbocycles. The van der Waals surface area contributed by atoms with Crippen LogP contribution in [0, 0.1) is 56.2 Å². The lowest BCUT2D eigenvalue weighted by Crippen LogP contribution is -2.66. The Morgan fingerprint density at radius 2 is 1.60 bits per heavy atom. The normalized spacial score (nSPS) is 37.0. The molecule has 53 heavy (non-hydrogen) atoms. The zero-order valence-corrected chi connectivity index (χ0v) is 34.6. The lowest BCUT2D eigenvalue weighted by molar-refractivity contribution is -0.235. The minimum absolute atomic E-state index is 0.00682. The number of benzene rings is 1. The lowest BCUT2D eigenvalue weighted by atomic mass is 9.33. The highest BCUT2D eigenvalue weighted by molar-refractivity contribution is 6.30. The fourth-order valence-electron chi connectivity index (χ4n) is 13.5. The van der Waals surface area contributed by atoms with Gasteiger partial charge < -0.3 is 20.3 Å². The van der Waals surface area contributed by atoms with Crippen molar-refractivity contribution in [3.63, 3.8) is 0 Å². The van der Waals surface area contributed by atoms with Crippen molar-refractivity contribution in [2.24, 2.45) is 56.2 Å². The van der Waals surface area contributed by atoms with Gasteiger partial charge in [-0.05, 0) is 120 Å². The fraction of sp³-hybridized carbons (Fsp3) is 0.756. The van der Waals surface area contributed by atoms with Gasteiger partial charge in [-0.3, -0.25) is 14.4 Å². The number of esters is 1. The Morgan fingerprint density at radius 3 is 2.25 bits per heavy atom. The summed E-state index contributed by atoms with van der Waals surface area (Å²) in [7, 11) is 0. The second kappa shape index (κ2) is 14.1. The number of aliphatic carboxylic acids is 1. The van der Waals surface area contributed by atoms with Crippen molar-refractivity contribution in [3.05, 3.63) is 46.0 Å². The molecular formula is C45H66ClNO6. The number of hydrogen-bond donors (Lipinski definition) is 3. The molecule has 0 unspecified atom stereocenters. The minimum atomic E-state index is -0.899. The van der Waals surface area contributed by atoms with Gasteiger partial charge in [-0.1, -0.05) is 91.6 Å². The Bertz CT molecular complexity index is 1630. The maximum absolute atomic E-state index is 14.0. The first kappa shape index (κ1) is 40.4. The van der Waals surface area contributed by atoms with Gasteiger partial charge in [0, 0.05) is 35.4 Å². The van der Waals surface area contributed by atoms with E-state index < -0.39 is 22.9 Å². The molecule has 0 spiro atoms. The Hall–Kier alpha value is -2.22. The first-order valence-electron chi connectivity index (χ1n) is 20.4. The molecule has 5 aliphatic rings. The van der Waals surface area contributed by atoms with E-state index in [4.69, 9.17) is 16.3 Å². The number of carboxylic acids is 1. The number of aliphatic hydroxyl groups is 1. The summed E-state index contributed by atoms with van der Waals surface area (Å²) in [4.78, 5) is 38.7. The van der Waals surface area contributed by atoms with Crippen molar-refractivity contribution in [2.75, 3.05) is 6.54 Å².